The van der Waals surface area contributed by atoms with Gasteiger partial charge in [0.15, 0.2) is 0 Å². The lowest BCUT2D eigenvalue weighted by Gasteiger charge is -2.22. The Morgan fingerprint density at radius 3 is 2.94 bits per heavy atom. The zero-order valence-corrected chi connectivity index (χ0v) is 9.50. The number of aromatic nitrogens is 2. The molecule has 2 heterocycles. The fourth-order valence-corrected chi connectivity index (χ4v) is 1.99. The molecule has 0 amide bonds. The third-order valence-electron chi connectivity index (χ3n) is 2.65. The Morgan fingerprint density at radius 2 is 2.31 bits per heavy atom. The van der Waals surface area contributed by atoms with E-state index in [9.17, 15) is 9.59 Å². The van der Waals surface area contributed by atoms with Crippen LogP contribution in [-0.2, 0) is 11.3 Å². The standard InChI is InChI=1S/C10H13ClN2O3/c11-8-5-9(14)13(10(15)12-8)6-7-3-1-2-4-16-7/h5,7H,1-4,6H2,(H,12,15). The molecular formula is C10H13ClN2O3. The second-order valence-electron chi connectivity index (χ2n) is 3.86. The molecule has 0 radical (unpaired) electrons. The van der Waals surface area contributed by atoms with Gasteiger partial charge < -0.3 is 4.74 Å². The Kier molecular flexibility index (Phi) is 3.46. The summed E-state index contributed by atoms with van der Waals surface area (Å²) in [5, 5.41) is 0.0656. The molecule has 0 spiro atoms. The van der Waals surface area contributed by atoms with Crippen molar-refractivity contribution in [2.45, 2.75) is 31.9 Å². The van der Waals surface area contributed by atoms with Gasteiger partial charge in [-0.15, -0.1) is 0 Å². The van der Waals surface area contributed by atoms with Crippen molar-refractivity contribution >= 4 is 11.6 Å². The van der Waals surface area contributed by atoms with Crippen LogP contribution >= 0.6 is 11.6 Å². The van der Waals surface area contributed by atoms with Crippen molar-refractivity contribution in [1.29, 1.82) is 0 Å². The fourth-order valence-electron chi connectivity index (χ4n) is 1.82. The van der Waals surface area contributed by atoms with Gasteiger partial charge in [-0.1, -0.05) is 11.6 Å². The molecule has 2 rings (SSSR count). The molecule has 1 saturated heterocycles. The van der Waals surface area contributed by atoms with E-state index in [1.165, 1.54) is 6.07 Å². The lowest BCUT2D eigenvalue weighted by atomic mass is 10.1. The second-order valence-corrected chi connectivity index (χ2v) is 4.27. The molecule has 0 aliphatic carbocycles. The first-order chi connectivity index (χ1) is 7.66. The highest BCUT2D eigenvalue weighted by molar-refractivity contribution is 6.29. The van der Waals surface area contributed by atoms with E-state index < -0.39 is 5.69 Å². The van der Waals surface area contributed by atoms with Gasteiger partial charge in [0.1, 0.15) is 5.15 Å². The first kappa shape index (κ1) is 11.4. The lowest BCUT2D eigenvalue weighted by Crippen LogP contribution is -2.39. The number of ether oxygens (including phenoxy) is 1. The Labute approximate surface area is 97.0 Å². The predicted molar refractivity (Wildman–Crippen MR) is 59.9 cm³/mol. The van der Waals surface area contributed by atoms with Gasteiger partial charge >= 0.3 is 5.69 Å². The summed E-state index contributed by atoms with van der Waals surface area (Å²) in [5.74, 6) is 0. The van der Waals surface area contributed by atoms with Crippen LogP contribution < -0.4 is 11.2 Å². The maximum Gasteiger partial charge on any atom is 0.329 e. The summed E-state index contributed by atoms with van der Waals surface area (Å²) in [6.07, 6.45) is 2.95. The van der Waals surface area contributed by atoms with Crippen molar-refractivity contribution in [1.82, 2.24) is 9.55 Å². The van der Waals surface area contributed by atoms with E-state index in [4.69, 9.17) is 16.3 Å². The molecule has 1 aliphatic rings. The monoisotopic (exact) mass is 244 g/mol. The van der Waals surface area contributed by atoms with Crippen LogP contribution in [0, 0.1) is 0 Å². The summed E-state index contributed by atoms with van der Waals surface area (Å²) in [5.41, 5.74) is -0.866. The van der Waals surface area contributed by atoms with Gasteiger partial charge in [-0.25, -0.2) is 4.79 Å². The fraction of sp³-hybridized carbons (Fsp3) is 0.600. The third-order valence-corrected chi connectivity index (χ3v) is 2.85. The zero-order chi connectivity index (χ0) is 11.5. The molecular weight excluding hydrogens is 232 g/mol. The van der Waals surface area contributed by atoms with Crippen LogP contribution in [0.4, 0.5) is 0 Å². The highest BCUT2D eigenvalue weighted by atomic mass is 35.5. The molecule has 1 unspecified atom stereocenters. The van der Waals surface area contributed by atoms with Crippen LogP contribution in [-0.4, -0.2) is 22.3 Å². The third kappa shape index (κ3) is 2.54. The Morgan fingerprint density at radius 1 is 1.50 bits per heavy atom. The molecule has 0 bridgehead atoms. The Hall–Kier alpha value is -1.07. The van der Waals surface area contributed by atoms with Gasteiger partial charge in [-0.3, -0.25) is 14.3 Å². The number of nitrogens with one attached hydrogen (secondary N) is 1. The van der Waals surface area contributed by atoms with Crippen molar-refractivity contribution < 1.29 is 4.74 Å². The zero-order valence-electron chi connectivity index (χ0n) is 8.74. The summed E-state index contributed by atoms with van der Waals surface area (Å²) >= 11 is 5.56. The molecule has 0 aromatic carbocycles. The minimum Gasteiger partial charge on any atom is -0.376 e. The van der Waals surface area contributed by atoms with E-state index in [1.54, 1.807) is 0 Å². The average Bonchev–Trinajstić information content (AvgIpc) is 2.25. The Balaban J connectivity index is 2.20. The quantitative estimate of drug-likeness (QED) is 0.782. The minimum atomic E-state index is -0.480. The average molecular weight is 245 g/mol. The van der Waals surface area contributed by atoms with Gasteiger partial charge in [0, 0.05) is 12.7 Å². The first-order valence-electron chi connectivity index (χ1n) is 5.28. The molecule has 6 heteroatoms. The van der Waals surface area contributed by atoms with Gasteiger partial charge in [-0.2, -0.15) is 0 Å². The van der Waals surface area contributed by atoms with Crippen LogP contribution in [0.1, 0.15) is 19.3 Å². The van der Waals surface area contributed by atoms with Crippen molar-refractivity contribution in [2.24, 2.45) is 0 Å². The van der Waals surface area contributed by atoms with Crippen LogP contribution in [0.5, 0.6) is 0 Å². The second kappa shape index (κ2) is 4.84. The molecule has 1 aromatic rings. The maximum atomic E-state index is 11.5. The van der Waals surface area contributed by atoms with E-state index >= 15 is 0 Å². The summed E-state index contributed by atoms with van der Waals surface area (Å²) in [6, 6.07) is 1.20. The van der Waals surface area contributed by atoms with E-state index in [0.717, 1.165) is 23.8 Å². The number of hydrogen-bond acceptors (Lipinski definition) is 3. The van der Waals surface area contributed by atoms with E-state index in [0.29, 0.717) is 13.2 Å². The number of rotatable bonds is 2. The van der Waals surface area contributed by atoms with Crippen LogP contribution in [0.25, 0.3) is 0 Å². The van der Waals surface area contributed by atoms with E-state index in [1.807, 2.05) is 0 Å². The van der Waals surface area contributed by atoms with Crippen LogP contribution in [0.15, 0.2) is 15.7 Å². The smallest absolute Gasteiger partial charge is 0.329 e. The van der Waals surface area contributed by atoms with Crippen LogP contribution in [0.3, 0.4) is 0 Å². The van der Waals surface area contributed by atoms with Gasteiger partial charge in [0.05, 0.1) is 12.6 Å². The molecule has 1 aliphatic heterocycles. The number of hydrogen-bond donors (Lipinski definition) is 1. The largest absolute Gasteiger partial charge is 0.376 e. The molecule has 1 N–H and O–H groups in total. The molecule has 0 saturated carbocycles. The molecule has 1 aromatic heterocycles. The number of H-pyrrole nitrogens is 1. The maximum absolute atomic E-state index is 11.5. The molecule has 1 atom stereocenters. The lowest BCUT2D eigenvalue weighted by molar-refractivity contribution is 0.00469. The summed E-state index contributed by atoms with van der Waals surface area (Å²) in [6.45, 7) is 0.996. The summed E-state index contributed by atoms with van der Waals surface area (Å²) < 4.78 is 6.60. The number of nitrogens with zero attached hydrogens (tertiary/aromatic N) is 1. The molecule has 5 nitrogen and oxygen atoms in total. The van der Waals surface area contributed by atoms with Crippen molar-refractivity contribution in [3.8, 4) is 0 Å². The van der Waals surface area contributed by atoms with Gasteiger partial charge in [0.2, 0.25) is 0 Å². The van der Waals surface area contributed by atoms with Gasteiger partial charge in [0.25, 0.3) is 5.56 Å². The SMILES string of the molecule is O=c1cc(Cl)[nH]c(=O)n1CC1CCCCO1. The number of halogens is 1. The summed E-state index contributed by atoms with van der Waals surface area (Å²) in [4.78, 5) is 25.4. The Bertz CT molecular complexity index is 442. The van der Waals surface area contributed by atoms with E-state index in [2.05, 4.69) is 4.98 Å². The van der Waals surface area contributed by atoms with E-state index in [-0.39, 0.29) is 16.8 Å². The topological polar surface area (TPSA) is 64.1 Å². The van der Waals surface area contributed by atoms with Crippen molar-refractivity contribution in [3.63, 3.8) is 0 Å². The normalized spacial score (nSPS) is 20.9. The predicted octanol–water partition coefficient (Wildman–Crippen LogP) is 0.759. The first-order valence-corrected chi connectivity index (χ1v) is 5.66. The summed E-state index contributed by atoms with van der Waals surface area (Å²) in [7, 11) is 0. The molecule has 16 heavy (non-hydrogen) atoms. The molecule has 1 fully saturated rings. The van der Waals surface area contributed by atoms with Gasteiger partial charge in [-0.05, 0) is 19.3 Å². The van der Waals surface area contributed by atoms with Crippen molar-refractivity contribution in [2.75, 3.05) is 6.61 Å². The number of aromatic amines is 1. The van der Waals surface area contributed by atoms with Crippen LogP contribution in [0.2, 0.25) is 5.15 Å². The highest BCUT2D eigenvalue weighted by Crippen LogP contribution is 2.13. The molecule has 88 valence electrons. The highest BCUT2D eigenvalue weighted by Gasteiger charge is 2.16. The van der Waals surface area contributed by atoms with Crippen molar-refractivity contribution in [3.05, 3.63) is 32.1 Å². The minimum absolute atomic E-state index is 0.0475.